The van der Waals surface area contributed by atoms with E-state index in [1.807, 2.05) is 0 Å². The molecule has 0 aromatic heterocycles. The molecule has 0 aliphatic carbocycles. The van der Waals surface area contributed by atoms with E-state index in [1.54, 1.807) is 0 Å². The van der Waals surface area contributed by atoms with Crippen LogP contribution in [0.2, 0.25) is 0 Å². The average Bonchev–Trinajstić information content (AvgIpc) is 3.23. The summed E-state index contributed by atoms with van der Waals surface area (Å²) in [6, 6.07) is 0. The Labute approximate surface area is 363 Å². The van der Waals surface area contributed by atoms with Crippen LogP contribution in [0.15, 0.2) is 85.1 Å². The molecular weight excluding hydrogens is 733 g/mol. The summed E-state index contributed by atoms with van der Waals surface area (Å²) in [7, 11) is 0. The molecule has 0 aromatic rings. The van der Waals surface area contributed by atoms with E-state index in [0.29, 0.717) is 19.3 Å². The number of unbranched alkanes of at least 4 members (excludes halogenated alkanes) is 19. The average molecular weight is 821 g/mol. The molecule has 0 aliphatic rings. The van der Waals surface area contributed by atoms with Crippen molar-refractivity contribution < 1.29 is 28.6 Å². The molecular formula is C53H88O6. The Morgan fingerprint density at radius 3 is 1.31 bits per heavy atom. The molecule has 0 heterocycles. The van der Waals surface area contributed by atoms with Gasteiger partial charge in [0.15, 0.2) is 6.10 Å². The summed E-state index contributed by atoms with van der Waals surface area (Å²) in [4.78, 5) is 37.8. The second kappa shape index (κ2) is 47.3. The maximum Gasteiger partial charge on any atom is 0.306 e. The zero-order valence-electron chi connectivity index (χ0n) is 38.2. The number of ether oxygens (including phenoxy) is 3. The van der Waals surface area contributed by atoms with Crippen LogP contribution in [-0.4, -0.2) is 37.2 Å². The molecule has 0 saturated heterocycles. The fourth-order valence-electron chi connectivity index (χ4n) is 6.34. The SMILES string of the molecule is CC\C=C/C=C\C=C/CCCCCCCCCC(=O)OCC(COC(=O)CCC/C=C\C/C=C\C/C=C\CC)OC(=O)CCCCCCCCC/C=C\CCCCCC. The number of carbonyl (C=O) groups is 3. The molecule has 6 heteroatoms. The molecule has 0 rings (SSSR count). The number of hydrogen-bond acceptors (Lipinski definition) is 6. The van der Waals surface area contributed by atoms with Gasteiger partial charge in [0.1, 0.15) is 13.2 Å². The minimum absolute atomic E-state index is 0.101. The van der Waals surface area contributed by atoms with Crippen LogP contribution in [0, 0.1) is 0 Å². The van der Waals surface area contributed by atoms with Crippen LogP contribution in [0.5, 0.6) is 0 Å². The second-order valence-electron chi connectivity index (χ2n) is 15.7. The standard InChI is InChI=1S/C53H88O6/c1-4-7-10-13-16-19-22-24-26-28-31-34-37-40-43-46-52(55)58-49-50(48-57-51(54)45-42-39-36-33-30-21-18-15-12-9-6-3)59-53(56)47-44-41-38-35-32-29-27-25-23-20-17-14-11-8-5-2/h7,9-10,12-13,16,18-23,33,36,50H,4-6,8,11,14-15,17,24-32,34-35,37-49H2,1-3H3/b10-7-,12-9-,16-13-,21-18-,22-19-,23-20-,36-33-. The Morgan fingerprint density at radius 1 is 0.373 bits per heavy atom. The first kappa shape index (κ1) is 55.6. The quantitative estimate of drug-likeness (QED) is 0.0201. The molecule has 0 aromatic carbocycles. The van der Waals surface area contributed by atoms with Crippen LogP contribution in [-0.2, 0) is 28.6 Å². The molecule has 0 aliphatic heterocycles. The lowest BCUT2D eigenvalue weighted by Gasteiger charge is -2.18. The van der Waals surface area contributed by atoms with E-state index in [2.05, 4.69) is 106 Å². The van der Waals surface area contributed by atoms with Gasteiger partial charge in [-0.3, -0.25) is 14.4 Å². The van der Waals surface area contributed by atoms with Gasteiger partial charge in [-0.25, -0.2) is 0 Å². The largest absolute Gasteiger partial charge is 0.462 e. The van der Waals surface area contributed by atoms with Gasteiger partial charge in [0, 0.05) is 19.3 Å². The minimum Gasteiger partial charge on any atom is -0.462 e. The number of rotatable bonds is 42. The number of hydrogen-bond donors (Lipinski definition) is 0. The van der Waals surface area contributed by atoms with Crippen LogP contribution in [0.1, 0.15) is 213 Å². The van der Waals surface area contributed by atoms with Crippen LogP contribution >= 0.6 is 0 Å². The second-order valence-corrected chi connectivity index (χ2v) is 15.7. The molecule has 0 N–H and O–H groups in total. The van der Waals surface area contributed by atoms with Crippen molar-refractivity contribution in [1.29, 1.82) is 0 Å². The predicted molar refractivity (Wildman–Crippen MR) is 251 cm³/mol. The molecule has 0 saturated carbocycles. The van der Waals surface area contributed by atoms with Crippen molar-refractivity contribution in [3.63, 3.8) is 0 Å². The van der Waals surface area contributed by atoms with E-state index >= 15 is 0 Å². The molecule has 6 nitrogen and oxygen atoms in total. The fraction of sp³-hybridized carbons (Fsp3) is 0.679. The molecule has 336 valence electrons. The predicted octanol–water partition coefficient (Wildman–Crippen LogP) is 15.6. The van der Waals surface area contributed by atoms with Gasteiger partial charge >= 0.3 is 17.9 Å². The van der Waals surface area contributed by atoms with Crippen LogP contribution < -0.4 is 0 Å². The summed E-state index contributed by atoms with van der Waals surface area (Å²) in [5.41, 5.74) is 0. The first-order valence-corrected chi connectivity index (χ1v) is 24.1. The third-order valence-electron chi connectivity index (χ3n) is 9.93. The van der Waals surface area contributed by atoms with Crippen molar-refractivity contribution in [2.75, 3.05) is 13.2 Å². The van der Waals surface area contributed by atoms with Gasteiger partial charge in [-0.15, -0.1) is 0 Å². The molecule has 0 radical (unpaired) electrons. The summed E-state index contributed by atoms with van der Waals surface area (Å²) in [5, 5.41) is 0. The summed E-state index contributed by atoms with van der Waals surface area (Å²) >= 11 is 0. The topological polar surface area (TPSA) is 78.9 Å². The van der Waals surface area contributed by atoms with Crippen molar-refractivity contribution in [1.82, 2.24) is 0 Å². The van der Waals surface area contributed by atoms with Crippen molar-refractivity contribution in [3.8, 4) is 0 Å². The number of carbonyl (C=O) groups excluding carboxylic acids is 3. The van der Waals surface area contributed by atoms with E-state index in [0.717, 1.165) is 77.0 Å². The van der Waals surface area contributed by atoms with E-state index < -0.39 is 6.10 Å². The lowest BCUT2D eigenvalue weighted by atomic mass is 10.1. The first-order chi connectivity index (χ1) is 29.0. The van der Waals surface area contributed by atoms with Gasteiger partial charge in [0.2, 0.25) is 0 Å². The number of allylic oxidation sites excluding steroid dienone is 14. The molecule has 0 amide bonds. The van der Waals surface area contributed by atoms with Crippen molar-refractivity contribution >= 4 is 17.9 Å². The minimum atomic E-state index is -0.802. The molecule has 59 heavy (non-hydrogen) atoms. The highest BCUT2D eigenvalue weighted by Gasteiger charge is 2.19. The first-order valence-electron chi connectivity index (χ1n) is 24.1. The third-order valence-corrected chi connectivity index (χ3v) is 9.93. The maximum atomic E-state index is 12.8. The summed E-state index contributed by atoms with van der Waals surface area (Å²) in [5.74, 6) is -0.978. The summed E-state index contributed by atoms with van der Waals surface area (Å²) in [6.45, 7) is 6.30. The van der Waals surface area contributed by atoms with Gasteiger partial charge < -0.3 is 14.2 Å². The molecule has 0 fully saturated rings. The lowest BCUT2D eigenvalue weighted by Crippen LogP contribution is -2.30. The summed E-state index contributed by atoms with van der Waals surface area (Å²) < 4.78 is 16.7. The zero-order valence-corrected chi connectivity index (χ0v) is 38.2. The van der Waals surface area contributed by atoms with Crippen molar-refractivity contribution in [2.45, 2.75) is 219 Å². The Bertz CT molecular complexity index is 1170. The highest BCUT2D eigenvalue weighted by molar-refractivity contribution is 5.71. The van der Waals surface area contributed by atoms with E-state index in [1.165, 1.54) is 89.9 Å². The molecule has 0 spiro atoms. The monoisotopic (exact) mass is 821 g/mol. The van der Waals surface area contributed by atoms with E-state index in [-0.39, 0.29) is 37.5 Å². The van der Waals surface area contributed by atoms with E-state index in [4.69, 9.17) is 14.2 Å². The van der Waals surface area contributed by atoms with E-state index in [9.17, 15) is 14.4 Å². The normalized spacial score (nSPS) is 12.8. The summed E-state index contributed by atoms with van der Waals surface area (Å²) in [6.07, 6.45) is 60.0. The highest BCUT2D eigenvalue weighted by Crippen LogP contribution is 2.14. The Morgan fingerprint density at radius 2 is 0.763 bits per heavy atom. The lowest BCUT2D eigenvalue weighted by molar-refractivity contribution is -0.167. The Hall–Kier alpha value is -3.41. The Kier molecular flexibility index (Phi) is 44.5. The van der Waals surface area contributed by atoms with Crippen LogP contribution in [0.3, 0.4) is 0 Å². The smallest absolute Gasteiger partial charge is 0.306 e. The van der Waals surface area contributed by atoms with Crippen molar-refractivity contribution in [2.24, 2.45) is 0 Å². The van der Waals surface area contributed by atoms with Crippen LogP contribution in [0.25, 0.3) is 0 Å². The Balaban J connectivity index is 4.45. The van der Waals surface area contributed by atoms with Gasteiger partial charge in [0.25, 0.3) is 0 Å². The number of esters is 3. The van der Waals surface area contributed by atoms with Gasteiger partial charge in [0.05, 0.1) is 0 Å². The van der Waals surface area contributed by atoms with Gasteiger partial charge in [-0.2, -0.15) is 0 Å². The molecule has 1 unspecified atom stereocenters. The zero-order chi connectivity index (χ0) is 43.0. The fourth-order valence-corrected chi connectivity index (χ4v) is 6.34. The molecule has 1 atom stereocenters. The van der Waals surface area contributed by atoms with Crippen molar-refractivity contribution in [3.05, 3.63) is 85.1 Å². The van der Waals surface area contributed by atoms with Gasteiger partial charge in [-0.1, -0.05) is 189 Å². The van der Waals surface area contributed by atoms with Crippen LogP contribution in [0.4, 0.5) is 0 Å². The maximum absolute atomic E-state index is 12.8. The molecule has 0 bridgehead atoms. The van der Waals surface area contributed by atoms with Gasteiger partial charge in [-0.05, 0) is 89.9 Å². The highest BCUT2D eigenvalue weighted by atomic mass is 16.6. The third kappa shape index (κ3) is 45.5.